The number of hydrogen-bond donors (Lipinski definition) is 2. The molecule has 2 N–H and O–H groups in total. The summed E-state index contributed by atoms with van der Waals surface area (Å²) < 4.78 is 0.588. The van der Waals surface area contributed by atoms with Crippen molar-refractivity contribution < 1.29 is 9.52 Å². The number of anilines is 2. The van der Waals surface area contributed by atoms with E-state index in [0.717, 1.165) is 0 Å². The third-order valence-electron chi connectivity index (χ3n) is 2.10. The van der Waals surface area contributed by atoms with Crippen LogP contribution < -0.4 is 15.4 Å². The summed E-state index contributed by atoms with van der Waals surface area (Å²) >= 11 is 0. The second-order valence-corrected chi connectivity index (χ2v) is 3.36. The Morgan fingerprint density at radius 2 is 1.71 bits per heavy atom. The first-order chi connectivity index (χ1) is 8.25. The van der Waals surface area contributed by atoms with E-state index < -0.39 is 6.03 Å². The molecule has 0 aliphatic heterocycles. The fourth-order valence-corrected chi connectivity index (χ4v) is 1.33. The Kier molecular flexibility index (Phi) is 3.20. The van der Waals surface area contributed by atoms with Gasteiger partial charge in [-0.1, -0.05) is 24.3 Å². The number of nitrogens with zero attached hydrogens (tertiary/aromatic N) is 1. The first-order valence-corrected chi connectivity index (χ1v) is 5.07. The summed E-state index contributed by atoms with van der Waals surface area (Å²) in [5, 5.41) is 16.4. The maximum Gasteiger partial charge on any atom is 0.411 e. The fraction of sp³-hybridized carbons (Fsp3) is 0. The third kappa shape index (κ3) is 2.94. The molecule has 0 radical (unpaired) electrons. The summed E-state index contributed by atoms with van der Waals surface area (Å²) in [5.41, 5.74) is 0.665. The molecule has 0 aliphatic rings. The third-order valence-corrected chi connectivity index (χ3v) is 2.10. The van der Waals surface area contributed by atoms with Crippen molar-refractivity contribution in [1.29, 1.82) is 0 Å². The predicted octanol–water partition coefficient (Wildman–Crippen LogP) is 1.96. The Hall–Kier alpha value is -2.56. The highest BCUT2D eigenvalue weighted by atomic mass is 16.5. The lowest BCUT2D eigenvalue weighted by atomic mass is 10.3. The number of hydrogen-bond acceptors (Lipinski definition) is 2. The lowest BCUT2D eigenvalue weighted by Crippen LogP contribution is -2.33. The first kappa shape index (κ1) is 10.9. The largest absolute Gasteiger partial charge is 0.711 e. The molecule has 86 valence electrons. The molecule has 0 spiro atoms. The zero-order valence-electron chi connectivity index (χ0n) is 8.96. The summed E-state index contributed by atoms with van der Waals surface area (Å²) in [5.74, 6) is 0.181. The molecule has 2 amide bonds. The number of urea groups is 1. The van der Waals surface area contributed by atoms with E-state index in [-0.39, 0.29) is 5.82 Å². The van der Waals surface area contributed by atoms with Gasteiger partial charge in [0, 0.05) is 11.8 Å². The van der Waals surface area contributed by atoms with Crippen molar-refractivity contribution >= 4 is 17.5 Å². The Labute approximate surface area is 98.3 Å². The first-order valence-electron chi connectivity index (χ1n) is 5.07. The van der Waals surface area contributed by atoms with Gasteiger partial charge in [0.15, 0.2) is 0 Å². The SMILES string of the molecule is O=C(Nc1ccccc1)Nc1cccc[n+]1[O-]. The molecule has 0 fully saturated rings. The van der Waals surface area contributed by atoms with Gasteiger partial charge in [0.2, 0.25) is 0 Å². The molecule has 0 aliphatic carbocycles. The Morgan fingerprint density at radius 1 is 1.00 bits per heavy atom. The smallest absolute Gasteiger partial charge is 0.411 e. The number of nitrogens with one attached hydrogen (secondary N) is 2. The molecule has 0 saturated heterocycles. The molecule has 5 heteroatoms. The van der Waals surface area contributed by atoms with Crippen LogP contribution in [0.15, 0.2) is 54.7 Å². The number of pyridine rings is 1. The van der Waals surface area contributed by atoms with E-state index in [1.165, 1.54) is 12.3 Å². The number of carbonyl (C=O) groups is 1. The van der Waals surface area contributed by atoms with Gasteiger partial charge in [0.05, 0.1) is 6.20 Å². The molecule has 2 aromatic rings. The number of rotatable bonds is 2. The molecular weight excluding hydrogens is 218 g/mol. The Morgan fingerprint density at radius 3 is 2.41 bits per heavy atom. The van der Waals surface area contributed by atoms with Crippen molar-refractivity contribution in [3.63, 3.8) is 0 Å². The van der Waals surface area contributed by atoms with Gasteiger partial charge in [0.25, 0.3) is 5.82 Å². The van der Waals surface area contributed by atoms with Crippen molar-refractivity contribution in [2.75, 3.05) is 10.6 Å². The van der Waals surface area contributed by atoms with E-state index in [2.05, 4.69) is 10.6 Å². The highest BCUT2D eigenvalue weighted by Crippen LogP contribution is 2.06. The van der Waals surface area contributed by atoms with Crippen LogP contribution >= 0.6 is 0 Å². The number of aromatic nitrogens is 1. The minimum absolute atomic E-state index is 0.181. The summed E-state index contributed by atoms with van der Waals surface area (Å²) in [4.78, 5) is 11.6. The molecule has 17 heavy (non-hydrogen) atoms. The summed E-state index contributed by atoms with van der Waals surface area (Å²) in [6.45, 7) is 0. The average Bonchev–Trinajstić information content (AvgIpc) is 2.33. The molecule has 5 nitrogen and oxygen atoms in total. The van der Waals surface area contributed by atoms with Crippen LogP contribution in [0.4, 0.5) is 16.3 Å². The van der Waals surface area contributed by atoms with E-state index in [4.69, 9.17) is 0 Å². The molecule has 0 atom stereocenters. The van der Waals surface area contributed by atoms with Gasteiger partial charge >= 0.3 is 6.03 Å². The fourth-order valence-electron chi connectivity index (χ4n) is 1.33. The summed E-state index contributed by atoms with van der Waals surface area (Å²) in [6, 6.07) is 13.3. The van der Waals surface area contributed by atoms with Crippen molar-refractivity contribution in [3.8, 4) is 0 Å². The summed E-state index contributed by atoms with van der Waals surface area (Å²) in [6.07, 6.45) is 1.32. The molecule has 0 unspecified atom stereocenters. The van der Waals surface area contributed by atoms with Crippen molar-refractivity contribution in [1.82, 2.24) is 0 Å². The van der Waals surface area contributed by atoms with Gasteiger partial charge < -0.3 is 5.21 Å². The molecule has 2 rings (SSSR count). The van der Waals surface area contributed by atoms with Crippen LogP contribution in [0, 0.1) is 5.21 Å². The van der Waals surface area contributed by atoms with Crippen LogP contribution in [0.2, 0.25) is 0 Å². The normalized spacial score (nSPS) is 9.65. The predicted molar refractivity (Wildman–Crippen MR) is 64.5 cm³/mol. The molecule has 0 saturated carbocycles. The summed E-state index contributed by atoms with van der Waals surface area (Å²) in [7, 11) is 0. The molecular formula is C12H11N3O2. The van der Waals surface area contributed by atoms with Crippen molar-refractivity contribution in [3.05, 3.63) is 59.9 Å². The minimum Gasteiger partial charge on any atom is -0.711 e. The van der Waals surface area contributed by atoms with Crippen LogP contribution in [0.5, 0.6) is 0 Å². The van der Waals surface area contributed by atoms with Crippen molar-refractivity contribution in [2.45, 2.75) is 0 Å². The second kappa shape index (κ2) is 4.98. The topological polar surface area (TPSA) is 68.1 Å². The number of benzene rings is 1. The number of carbonyl (C=O) groups excluding carboxylic acids is 1. The quantitative estimate of drug-likeness (QED) is 0.610. The molecule has 1 aromatic heterocycles. The molecule has 1 aromatic carbocycles. The van der Waals surface area contributed by atoms with Gasteiger partial charge in [-0.25, -0.2) is 9.52 Å². The van der Waals surface area contributed by atoms with E-state index in [0.29, 0.717) is 10.4 Å². The monoisotopic (exact) mass is 229 g/mol. The molecule has 1 heterocycles. The van der Waals surface area contributed by atoms with Gasteiger partial charge in [0.1, 0.15) is 0 Å². The number of amides is 2. The Bertz CT molecular complexity index is 514. The van der Waals surface area contributed by atoms with Crippen LogP contribution in [0.1, 0.15) is 0 Å². The van der Waals surface area contributed by atoms with Crippen molar-refractivity contribution in [2.24, 2.45) is 0 Å². The van der Waals surface area contributed by atoms with E-state index in [9.17, 15) is 10.0 Å². The van der Waals surface area contributed by atoms with Crippen LogP contribution in [-0.4, -0.2) is 6.03 Å². The Balaban J connectivity index is 2.01. The van der Waals surface area contributed by atoms with Crippen LogP contribution in [-0.2, 0) is 0 Å². The van der Waals surface area contributed by atoms with E-state index >= 15 is 0 Å². The second-order valence-electron chi connectivity index (χ2n) is 3.36. The highest BCUT2D eigenvalue weighted by Gasteiger charge is 2.10. The maximum atomic E-state index is 11.6. The van der Waals surface area contributed by atoms with E-state index in [1.807, 2.05) is 18.2 Å². The van der Waals surface area contributed by atoms with Gasteiger partial charge in [-0.05, 0) is 18.2 Å². The lowest BCUT2D eigenvalue weighted by Gasteiger charge is -2.07. The van der Waals surface area contributed by atoms with Gasteiger partial charge in [-0.3, -0.25) is 5.32 Å². The van der Waals surface area contributed by atoms with Gasteiger partial charge in [-0.15, -0.1) is 0 Å². The van der Waals surface area contributed by atoms with E-state index in [1.54, 1.807) is 24.3 Å². The molecule has 0 bridgehead atoms. The lowest BCUT2D eigenvalue weighted by molar-refractivity contribution is -0.590. The van der Waals surface area contributed by atoms with Crippen LogP contribution in [0.25, 0.3) is 0 Å². The average molecular weight is 229 g/mol. The number of para-hydroxylation sites is 1. The zero-order chi connectivity index (χ0) is 12.1. The maximum absolute atomic E-state index is 11.6. The minimum atomic E-state index is -0.452. The standard InChI is InChI=1S/C12H11N3O2/c16-12(13-10-6-2-1-3-7-10)14-11-8-4-5-9-15(11)17/h1-9H,(H2,13,14,16). The van der Waals surface area contributed by atoms with Crippen LogP contribution in [0.3, 0.4) is 0 Å². The van der Waals surface area contributed by atoms with Gasteiger partial charge in [-0.2, -0.15) is 5.32 Å². The zero-order valence-corrected chi connectivity index (χ0v) is 8.96. The highest BCUT2D eigenvalue weighted by molar-refractivity contribution is 5.98.